The second kappa shape index (κ2) is 6.40. The maximum Gasteiger partial charge on any atom is 0.286 e. The highest BCUT2D eigenvalue weighted by atomic mass is 16.3. The Hall–Kier alpha value is -2.74. The van der Waals surface area contributed by atoms with Crippen molar-refractivity contribution in [2.24, 2.45) is 0 Å². The van der Waals surface area contributed by atoms with E-state index in [1.54, 1.807) is 6.92 Å². The summed E-state index contributed by atoms with van der Waals surface area (Å²) < 4.78 is 1.45. The molecular weight excluding hydrogens is 310 g/mol. The molecule has 1 atom stereocenters. The maximum atomic E-state index is 12.5. The number of benzene rings is 1. The van der Waals surface area contributed by atoms with E-state index in [4.69, 9.17) is 0 Å². The molecule has 0 fully saturated rings. The Morgan fingerprint density at radius 2 is 2.00 bits per heavy atom. The monoisotopic (exact) mass is 329 g/mol. The molecule has 0 saturated heterocycles. The van der Waals surface area contributed by atoms with E-state index in [-0.39, 0.29) is 12.2 Å². The molecule has 2 aromatic rings. The number of aliphatic hydroxyl groups is 1. The Morgan fingerprint density at radius 3 is 2.67 bits per heavy atom. The normalized spacial score (nSPS) is 14.4. The highest BCUT2D eigenvalue weighted by molar-refractivity contribution is 5.91. The van der Waals surface area contributed by atoms with Crippen molar-refractivity contribution in [3.63, 3.8) is 0 Å². The first-order valence-electron chi connectivity index (χ1n) is 7.75. The minimum absolute atomic E-state index is 0.0528. The van der Waals surface area contributed by atoms with Crippen LogP contribution in [0.3, 0.4) is 0 Å². The van der Waals surface area contributed by atoms with Crippen molar-refractivity contribution in [2.45, 2.75) is 26.5 Å². The zero-order valence-corrected chi connectivity index (χ0v) is 13.6. The molecule has 2 N–H and O–H groups in total. The first-order chi connectivity index (χ1) is 11.5. The van der Waals surface area contributed by atoms with Crippen LogP contribution >= 0.6 is 0 Å². The van der Waals surface area contributed by atoms with Gasteiger partial charge in [0.1, 0.15) is 0 Å². The number of aliphatic hydroxyl groups excluding tert-OH is 1. The van der Waals surface area contributed by atoms with Crippen molar-refractivity contribution in [3.8, 4) is 0 Å². The molecular formula is C16H19N5O3. The first kappa shape index (κ1) is 16.1. The van der Waals surface area contributed by atoms with Crippen molar-refractivity contribution in [2.75, 3.05) is 18.0 Å². The number of aromatic nitrogens is 3. The smallest absolute Gasteiger partial charge is 0.286 e. The van der Waals surface area contributed by atoms with Gasteiger partial charge >= 0.3 is 0 Å². The lowest BCUT2D eigenvalue weighted by Gasteiger charge is -2.16. The summed E-state index contributed by atoms with van der Waals surface area (Å²) in [6.45, 7) is 4.63. The second-order valence-electron chi connectivity index (χ2n) is 5.85. The van der Waals surface area contributed by atoms with Crippen LogP contribution in [0.25, 0.3) is 0 Å². The number of amides is 1. The Kier molecular flexibility index (Phi) is 4.30. The highest BCUT2D eigenvalue weighted by Gasteiger charge is 2.27. The van der Waals surface area contributed by atoms with Crippen LogP contribution in [0.2, 0.25) is 0 Å². The molecule has 0 radical (unpaired) electrons. The van der Waals surface area contributed by atoms with Gasteiger partial charge in [0.2, 0.25) is 11.6 Å². The number of hydrogen-bond donors (Lipinski definition) is 2. The number of fused-ring (bicyclic) bond motifs is 1. The van der Waals surface area contributed by atoms with Gasteiger partial charge in [-0.25, -0.2) is 0 Å². The van der Waals surface area contributed by atoms with E-state index in [1.807, 2.05) is 36.1 Å². The Labute approximate surface area is 138 Å². The van der Waals surface area contributed by atoms with Gasteiger partial charge in [0.15, 0.2) is 0 Å². The highest BCUT2D eigenvalue weighted by Crippen LogP contribution is 2.26. The van der Waals surface area contributed by atoms with Gasteiger partial charge in [-0.2, -0.15) is 0 Å². The van der Waals surface area contributed by atoms with Crippen LogP contribution in [-0.4, -0.2) is 45.0 Å². The van der Waals surface area contributed by atoms with E-state index in [0.717, 1.165) is 11.3 Å². The summed E-state index contributed by atoms with van der Waals surface area (Å²) in [7, 11) is 0. The van der Waals surface area contributed by atoms with Crippen LogP contribution in [0.5, 0.6) is 0 Å². The molecule has 1 amide bonds. The van der Waals surface area contributed by atoms with Gasteiger partial charge in [0, 0.05) is 25.3 Å². The number of anilines is 2. The van der Waals surface area contributed by atoms with Gasteiger partial charge in [0.05, 0.1) is 6.10 Å². The molecule has 2 heterocycles. The van der Waals surface area contributed by atoms with Crippen LogP contribution in [0.4, 0.5) is 11.6 Å². The van der Waals surface area contributed by atoms with E-state index in [2.05, 4.69) is 15.5 Å². The van der Waals surface area contributed by atoms with E-state index in [1.165, 1.54) is 4.57 Å². The molecule has 1 aliphatic rings. The van der Waals surface area contributed by atoms with Crippen molar-refractivity contribution in [1.82, 2.24) is 20.1 Å². The third-order valence-corrected chi connectivity index (χ3v) is 3.84. The molecule has 0 bridgehead atoms. The number of rotatable bonds is 4. The largest absolute Gasteiger partial charge is 0.392 e. The number of aryl methyl sites for hydroxylation is 1. The average molecular weight is 329 g/mol. The van der Waals surface area contributed by atoms with E-state index in [9.17, 15) is 14.7 Å². The van der Waals surface area contributed by atoms with Crippen LogP contribution in [0, 0.1) is 6.92 Å². The number of nitrogens with zero attached hydrogens (tertiary/aromatic N) is 4. The molecule has 126 valence electrons. The molecule has 1 aromatic carbocycles. The molecule has 3 rings (SSSR count). The molecule has 8 nitrogen and oxygen atoms in total. The summed E-state index contributed by atoms with van der Waals surface area (Å²) in [5.41, 5.74) is 1.33. The number of nitrogens with one attached hydrogen (secondary N) is 1. The van der Waals surface area contributed by atoms with Gasteiger partial charge in [0.25, 0.3) is 11.5 Å². The lowest BCUT2D eigenvalue weighted by molar-refractivity contribution is 0.0915. The van der Waals surface area contributed by atoms with Crippen LogP contribution in [0.15, 0.2) is 29.1 Å². The molecule has 24 heavy (non-hydrogen) atoms. The van der Waals surface area contributed by atoms with Gasteiger partial charge in [-0.1, -0.05) is 17.7 Å². The summed E-state index contributed by atoms with van der Waals surface area (Å²) in [5.74, 6) is -0.201. The van der Waals surface area contributed by atoms with Crippen molar-refractivity contribution < 1.29 is 9.90 Å². The van der Waals surface area contributed by atoms with Crippen LogP contribution in [-0.2, 0) is 6.54 Å². The van der Waals surface area contributed by atoms with Gasteiger partial charge in [-0.3, -0.25) is 14.2 Å². The van der Waals surface area contributed by atoms with Crippen LogP contribution < -0.4 is 15.8 Å². The number of carbonyl (C=O) groups is 1. The van der Waals surface area contributed by atoms with E-state index < -0.39 is 17.6 Å². The van der Waals surface area contributed by atoms with Gasteiger partial charge in [-0.15, -0.1) is 10.2 Å². The first-order valence-corrected chi connectivity index (χ1v) is 7.75. The molecule has 0 saturated carbocycles. The summed E-state index contributed by atoms with van der Waals surface area (Å²) in [6.07, 6.45) is -0.698. The predicted molar refractivity (Wildman–Crippen MR) is 88.5 cm³/mol. The molecule has 1 aliphatic heterocycles. The standard InChI is InChI=1S/C16H19N5O3/c1-10-3-5-12(6-4-10)20-7-8-21-15(24)13(18-19-16(20)21)14(23)17-9-11(2)22/h3-6,11,22H,7-9H2,1-2H3,(H,17,23)/t11-/m1/s1. The van der Waals surface area contributed by atoms with Crippen molar-refractivity contribution >= 4 is 17.5 Å². The molecule has 0 spiro atoms. The summed E-state index contributed by atoms with van der Waals surface area (Å²) in [4.78, 5) is 26.4. The average Bonchev–Trinajstić information content (AvgIpc) is 2.98. The molecule has 8 heteroatoms. The zero-order valence-electron chi connectivity index (χ0n) is 13.6. The van der Waals surface area contributed by atoms with Crippen molar-refractivity contribution in [1.29, 1.82) is 0 Å². The fourth-order valence-corrected chi connectivity index (χ4v) is 2.55. The molecule has 1 aromatic heterocycles. The van der Waals surface area contributed by atoms with E-state index in [0.29, 0.717) is 19.0 Å². The van der Waals surface area contributed by atoms with Crippen molar-refractivity contribution in [3.05, 3.63) is 45.9 Å². The van der Waals surface area contributed by atoms with Crippen LogP contribution in [0.1, 0.15) is 23.0 Å². The quantitative estimate of drug-likeness (QED) is 0.832. The SMILES string of the molecule is Cc1ccc(N2CCn3c2nnc(C(=O)NC[C@@H](C)O)c3=O)cc1. The predicted octanol–water partition coefficient (Wildman–Crippen LogP) is 0.209. The zero-order chi connectivity index (χ0) is 17.3. The minimum atomic E-state index is -0.698. The Balaban J connectivity index is 1.89. The lowest BCUT2D eigenvalue weighted by atomic mass is 10.2. The number of hydrogen-bond acceptors (Lipinski definition) is 6. The van der Waals surface area contributed by atoms with Gasteiger partial charge < -0.3 is 15.3 Å². The Morgan fingerprint density at radius 1 is 1.29 bits per heavy atom. The topological polar surface area (TPSA) is 100 Å². The summed E-state index contributed by atoms with van der Waals surface area (Å²) in [6, 6.07) is 7.89. The summed E-state index contributed by atoms with van der Waals surface area (Å²) >= 11 is 0. The summed E-state index contributed by atoms with van der Waals surface area (Å²) in [5, 5.41) is 19.5. The third-order valence-electron chi connectivity index (χ3n) is 3.84. The Bertz CT molecular complexity index is 813. The molecule has 0 unspecified atom stereocenters. The molecule has 0 aliphatic carbocycles. The fourth-order valence-electron chi connectivity index (χ4n) is 2.55. The minimum Gasteiger partial charge on any atom is -0.392 e. The lowest BCUT2D eigenvalue weighted by Crippen LogP contribution is -2.37. The maximum absolute atomic E-state index is 12.5. The number of carbonyl (C=O) groups excluding carboxylic acids is 1. The fraction of sp³-hybridized carbons (Fsp3) is 0.375. The van der Waals surface area contributed by atoms with Gasteiger partial charge in [-0.05, 0) is 26.0 Å². The van der Waals surface area contributed by atoms with E-state index >= 15 is 0 Å². The second-order valence-corrected chi connectivity index (χ2v) is 5.85. The third kappa shape index (κ3) is 3.00.